The monoisotopic (exact) mass is 219 g/mol. The van der Waals surface area contributed by atoms with Crippen LogP contribution in [0.3, 0.4) is 0 Å². The second-order valence-electron chi connectivity index (χ2n) is 4.68. The Hall–Kier alpha value is -0.960. The van der Waals surface area contributed by atoms with Crippen LogP contribution in [-0.2, 0) is 6.54 Å². The van der Waals surface area contributed by atoms with E-state index in [9.17, 15) is 0 Å². The first-order valence-corrected chi connectivity index (χ1v) is 6.35. The van der Waals surface area contributed by atoms with E-state index in [-0.39, 0.29) is 0 Å². The van der Waals surface area contributed by atoms with E-state index in [2.05, 4.69) is 21.8 Å². The second-order valence-corrected chi connectivity index (χ2v) is 4.68. The molecule has 2 rings (SSSR count). The van der Waals surface area contributed by atoms with Gasteiger partial charge in [0.25, 0.3) is 0 Å². The standard InChI is InChI=1S/C13H21N3/c1-2-12-4-3-8-16(9-6-12)10-13-5-7-14-11-15-13/h5,7,11-12H,2-4,6,8-10H2,1H3. The van der Waals surface area contributed by atoms with Crippen LogP contribution >= 0.6 is 0 Å². The summed E-state index contributed by atoms with van der Waals surface area (Å²) in [5.41, 5.74) is 1.14. The van der Waals surface area contributed by atoms with Crippen molar-refractivity contribution in [1.82, 2.24) is 14.9 Å². The molecule has 88 valence electrons. The van der Waals surface area contributed by atoms with Crippen LogP contribution in [0.15, 0.2) is 18.6 Å². The zero-order chi connectivity index (χ0) is 11.2. The van der Waals surface area contributed by atoms with E-state index >= 15 is 0 Å². The number of likely N-dealkylation sites (tertiary alicyclic amines) is 1. The summed E-state index contributed by atoms with van der Waals surface area (Å²) in [6.45, 7) is 5.74. The Morgan fingerprint density at radius 2 is 2.31 bits per heavy atom. The summed E-state index contributed by atoms with van der Waals surface area (Å²) < 4.78 is 0. The largest absolute Gasteiger partial charge is 0.298 e. The van der Waals surface area contributed by atoms with Gasteiger partial charge < -0.3 is 0 Å². The van der Waals surface area contributed by atoms with Crippen LogP contribution in [0, 0.1) is 5.92 Å². The lowest BCUT2D eigenvalue weighted by Crippen LogP contribution is -2.24. The summed E-state index contributed by atoms with van der Waals surface area (Å²) in [7, 11) is 0. The molecular formula is C13H21N3. The van der Waals surface area contributed by atoms with Crippen LogP contribution in [0.1, 0.15) is 38.3 Å². The molecule has 0 aromatic carbocycles. The highest BCUT2D eigenvalue weighted by molar-refractivity contribution is 4.97. The molecule has 1 unspecified atom stereocenters. The van der Waals surface area contributed by atoms with Gasteiger partial charge in [0, 0.05) is 12.7 Å². The number of hydrogen-bond acceptors (Lipinski definition) is 3. The topological polar surface area (TPSA) is 29.0 Å². The van der Waals surface area contributed by atoms with E-state index in [1.807, 2.05) is 12.3 Å². The van der Waals surface area contributed by atoms with Gasteiger partial charge in [0.15, 0.2) is 0 Å². The maximum absolute atomic E-state index is 4.29. The third-order valence-electron chi connectivity index (χ3n) is 3.55. The van der Waals surface area contributed by atoms with Crippen LogP contribution in [0.2, 0.25) is 0 Å². The molecule has 1 aliphatic rings. The number of aromatic nitrogens is 2. The van der Waals surface area contributed by atoms with Gasteiger partial charge in [0.1, 0.15) is 6.33 Å². The zero-order valence-electron chi connectivity index (χ0n) is 10.1. The normalized spacial score (nSPS) is 22.9. The molecule has 2 heterocycles. The van der Waals surface area contributed by atoms with Gasteiger partial charge >= 0.3 is 0 Å². The van der Waals surface area contributed by atoms with E-state index in [1.54, 1.807) is 6.33 Å². The van der Waals surface area contributed by atoms with Crippen molar-refractivity contribution in [2.24, 2.45) is 5.92 Å². The molecule has 3 nitrogen and oxygen atoms in total. The minimum Gasteiger partial charge on any atom is -0.298 e. The Balaban J connectivity index is 1.86. The Morgan fingerprint density at radius 3 is 3.06 bits per heavy atom. The maximum Gasteiger partial charge on any atom is 0.115 e. The molecule has 0 radical (unpaired) electrons. The smallest absolute Gasteiger partial charge is 0.115 e. The van der Waals surface area contributed by atoms with E-state index in [1.165, 1.54) is 38.8 Å². The predicted molar refractivity (Wildman–Crippen MR) is 64.9 cm³/mol. The van der Waals surface area contributed by atoms with Crippen molar-refractivity contribution in [2.45, 2.75) is 39.2 Å². The molecule has 0 amide bonds. The summed E-state index contributed by atoms with van der Waals surface area (Å²) in [5, 5.41) is 0. The SMILES string of the molecule is CCC1CCCN(Cc2ccncn2)CC1. The van der Waals surface area contributed by atoms with Crippen molar-refractivity contribution in [1.29, 1.82) is 0 Å². The third kappa shape index (κ3) is 3.27. The summed E-state index contributed by atoms with van der Waals surface area (Å²) >= 11 is 0. The van der Waals surface area contributed by atoms with Crippen LogP contribution in [0.5, 0.6) is 0 Å². The minimum absolute atomic E-state index is 0.940. The first-order chi connectivity index (χ1) is 7.88. The predicted octanol–water partition coefficient (Wildman–Crippen LogP) is 2.49. The molecule has 3 heteroatoms. The molecular weight excluding hydrogens is 198 g/mol. The van der Waals surface area contributed by atoms with Gasteiger partial charge in [0.2, 0.25) is 0 Å². The van der Waals surface area contributed by atoms with Crippen LogP contribution in [0.4, 0.5) is 0 Å². The van der Waals surface area contributed by atoms with Gasteiger partial charge in [-0.2, -0.15) is 0 Å². The molecule has 0 N–H and O–H groups in total. The van der Waals surface area contributed by atoms with Crippen LogP contribution < -0.4 is 0 Å². The first kappa shape index (κ1) is 11.5. The van der Waals surface area contributed by atoms with Crippen LogP contribution in [-0.4, -0.2) is 28.0 Å². The van der Waals surface area contributed by atoms with Gasteiger partial charge in [-0.05, 0) is 44.3 Å². The quantitative estimate of drug-likeness (QED) is 0.782. The van der Waals surface area contributed by atoms with Gasteiger partial charge in [0.05, 0.1) is 5.69 Å². The lowest BCUT2D eigenvalue weighted by Gasteiger charge is -2.19. The van der Waals surface area contributed by atoms with E-state index in [0.717, 1.165) is 18.2 Å². The molecule has 0 bridgehead atoms. The molecule has 1 aromatic heterocycles. The van der Waals surface area contributed by atoms with Crippen molar-refractivity contribution >= 4 is 0 Å². The average molecular weight is 219 g/mol. The number of rotatable bonds is 3. The Morgan fingerprint density at radius 1 is 1.38 bits per heavy atom. The van der Waals surface area contributed by atoms with Gasteiger partial charge in [-0.3, -0.25) is 4.90 Å². The number of nitrogens with zero attached hydrogens (tertiary/aromatic N) is 3. The fourth-order valence-corrected chi connectivity index (χ4v) is 2.43. The Labute approximate surface area is 97.9 Å². The van der Waals surface area contributed by atoms with Crippen molar-refractivity contribution in [3.05, 3.63) is 24.3 Å². The Kier molecular flexibility index (Phi) is 4.28. The minimum atomic E-state index is 0.940. The lowest BCUT2D eigenvalue weighted by molar-refractivity contribution is 0.269. The van der Waals surface area contributed by atoms with Crippen molar-refractivity contribution < 1.29 is 0 Å². The van der Waals surface area contributed by atoms with Crippen molar-refractivity contribution in [3.8, 4) is 0 Å². The third-order valence-corrected chi connectivity index (χ3v) is 3.55. The highest BCUT2D eigenvalue weighted by Crippen LogP contribution is 2.20. The molecule has 0 aliphatic carbocycles. The van der Waals surface area contributed by atoms with E-state index in [0.29, 0.717) is 0 Å². The summed E-state index contributed by atoms with van der Waals surface area (Å²) in [4.78, 5) is 10.8. The van der Waals surface area contributed by atoms with E-state index in [4.69, 9.17) is 0 Å². The molecule has 0 saturated carbocycles. The molecule has 1 aromatic rings. The summed E-state index contributed by atoms with van der Waals surface area (Å²) in [6.07, 6.45) is 8.89. The Bertz CT molecular complexity index is 299. The molecule has 1 saturated heterocycles. The molecule has 0 spiro atoms. The number of hydrogen-bond donors (Lipinski definition) is 0. The van der Waals surface area contributed by atoms with Gasteiger partial charge in [-0.25, -0.2) is 9.97 Å². The van der Waals surface area contributed by atoms with Crippen LogP contribution in [0.25, 0.3) is 0 Å². The highest BCUT2D eigenvalue weighted by Gasteiger charge is 2.15. The second kappa shape index (κ2) is 5.94. The maximum atomic E-state index is 4.29. The van der Waals surface area contributed by atoms with Crippen molar-refractivity contribution in [3.63, 3.8) is 0 Å². The van der Waals surface area contributed by atoms with E-state index < -0.39 is 0 Å². The fraction of sp³-hybridized carbons (Fsp3) is 0.692. The highest BCUT2D eigenvalue weighted by atomic mass is 15.1. The first-order valence-electron chi connectivity index (χ1n) is 6.35. The zero-order valence-corrected chi connectivity index (χ0v) is 10.1. The molecule has 1 aliphatic heterocycles. The van der Waals surface area contributed by atoms with Gasteiger partial charge in [-0.15, -0.1) is 0 Å². The molecule has 1 fully saturated rings. The average Bonchev–Trinajstić information content (AvgIpc) is 2.56. The summed E-state index contributed by atoms with van der Waals surface area (Å²) in [5.74, 6) is 0.940. The van der Waals surface area contributed by atoms with Crippen molar-refractivity contribution in [2.75, 3.05) is 13.1 Å². The lowest BCUT2D eigenvalue weighted by atomic mass is 9.98. The fourth-order valence-electron chi connectivity index (χ4n) is 2.43. The summed E-state index contributed by atoms with van der Waals surface area (Å²) in [6, 6.07) is 2.02. The molecule has 16 heavy (non-hydrogen) atoms. The molecule has 1 atom stereocenters. The van der Waals surface area contributed by atoms with Gasteiger partial charge in [-0.1, -0.05) is 13.3 Å².